The third kappa shape index (κ3) is 3.77. The number of furan rings is 1. The summed E-state index contributed by atoms with van der Waals surface area (Å²) in [5, 5.41) is 2.60. The highest BCUT2D eigenvalue weighted by Crippen LogP contribution is 2.23. The van der Waals surface area contributed by atoms with Crippen LogP contribution in [0.2, 0.25) is 0 Å². The average Bonchev–Trinajstić information content (AvgIpc) is 3.33. The summed E-state index contributed by atoms with van der Waals surface area (Å²) < 4.78 is 11.0. The number of hydrogen-bond donors (Lipinski definition) is 1. The zero-order chi connectivity index (χ0) is 19.5. The molecule has 1 aromatic heterocycles. The molecule has 4 rings (SSSR count). The molecule has 2 unspecified atom stereocenters. The van der Waals surface area contributed by atoms with E-state index >= 15 is 0 Å². The molecule has 146 valence electrons. The van der Waals surface area contributed by atoms with Crippen LogP contribution in [0.25, 0.3) is 0 Å². The second-order valence-electron chi connectivity index (χ2n) is 6.82. The SMILES string of the molecule is O=C(CC1NC(=O)N(Cc2ccco2)C1=O)N1CCOC(c2ccccc2)C1. The molecule has 0 spiro atoms. The van der Waals surface area contributed by atoms with Crippen LogP contribution in [0, 0.1) is 0 Å². The first-order valence-corrected chi connectivity index (χ1v) is 9.20. The normalized spacial score (nSPS) is 22.4. The Morgan fingerprint density at radius 1 is 1.14 bits per heavy atom. The minimum absolute atomic E-state index is 0.0516. The topological polar surface area (TPSA) is 92.1 Å². The zero-order valence-corrected chi connectivity index (χ0v) is 15.2. The Hall–Kier alpha value is -3.13. The van der Waals surface area contributed by atoms with Crippen molar-refractivity contribution in [1.82, 2.24) is 15.1 Å². The monoisotopic (exact) mass is 383 g/mol. The summed E-state index contributed by atoms with van der Waals surface area (Å²) in [7, 11) is 0. The van der Waals surface area contributed by atoms with E-state index in [2.05, 4.69) is 5.32 Å². The van der Waals surface area contributed by atoms with Crippen molar-refractivity contribution in [1.29, 1.82) is 0 Å². The first kappa shape index (κ1) is 18.2. The van der Waals surface area contributed by atoms with Crippen molar-refractivity contribution in [2.24, 2.45) is 0 Å². The van der Waals surface area contributed by atoms with Gasteiger partial charge in [0.1, 0.15) is 17.9 Å². The standard InChI is InChI=1S/C20H21N3O5/c24-18(22-8-10-28-17(13-22)14-5-2-1-3-6-14)11-16-19(25)23(20(26)21-16)12-15-7-4-9-27-15/h1-7,9,16-17H,8,10-13H2,(H,21,26). The maximum atomic E-state index is 12.7. The van der Waals surface area contributed by atoms with Crippen molar-refractivity contribution in [3.63, 3.8) is 0 Å². The van der Waals surface area contributed by atoms with Gasteiger partial charge < -0.3 is 19.4 Å². The van der Waals surface area contributed by atoms with Crippen molar-refractivity contribution in [2.75, 3.05) is 19.7 Å². The molecule has 0 bridgehead atoms. The predicted octanol–water partition coefficient (Wildman–Crippen LogP) is 1.69. The Morgan fingerprint density at radius 2 is 1.96 bits per heavy atom. The van der Waals surface area contributed by atoms with Gasteiger partial charge in [-0.15, -0.1) is 0 Å². The lowest BCUT2D eigenvalue weighted by Crippen LogP contribution is -2.45. The number of nitrogens with one attached hydrogen (secondary N) is 1. The van der Waals surface area contributed by atoms with Gasteiger partial charge in [-0.05, 0) is 17.7 Å². The van der Waals surface area contributed by atoms with Gasteiger partial charge in [-0.3, -0.25) is 14.5 Å². The van der Waals surface area contributed by atoms with Crippen LogP contribution < -0.4 is 5.32 Å². The number of morpholine rings is 1. The summed E-state index contributed by atoms with van der Waals surface area (Å²) >= 11 is 0. The van der Waals surface area contributed by atoms with Gasteiger partial charge in [0, 0.05) is 6.54 Å². The molecule has 0 saturated carbocycles. The summed E-state index contributed by atoms with van der Waals surface area (Å²) in [6, 6.07) is 11.7. The molecule has 2 aliphatic rings. The summed E-state index contributed by atoms with van der Waals surface area (Å²) in [6.45, 7) is 1.37. The fourth-order valence-corrected chi connectivity index (χ4v) is 3.47. The highest BCUT2D eigenvalue weighted by Gasteiger charge is 2.40. The molecule has 1 N–H and O–H groups in total. The highest BCUT2D eigenvalue weighted by molar-refractivity contribution is 6.05. The van der Waals surface area contributed by atoms with E-state index < -0.39 is 18.0 Å². The second kappa shape index (κ2) is 7.85. The lowest BCUT2D eigenvalue weighted by atomic mass is 10.1. The predicted molar refractivity (Wildman–Crippen MR) is 97.9 cm³/mol. The van der Waals surface area contributed by atoms with Crippen molar-refractivity contribution in [2.45, 2.75) is 25.1 Å². The van der Waals surface area contributed by atoms with Crippen LogP contribution in [0.4, 0.5) is 4.79 Å². The molecule has 4 amide bonds. The molecule has 0 aliphatic carbocycles. The van der Waals surface area contributed by atoms with E-state index in [1.165, 1.54) is 6.26 Å². The third-order valence-corrected chi connectivity index (χ3v) is 4.97. The lowest BCUT2D eigenvalue weighted by molar-refractivity contribution is -0.141. The van der Waals surface area contributed by atoms with E-state index in [0.29, 0.717) is 25.5 Å². The smallest absolute Gasteiger partial charge is 0.325 e. The quantitative estimate of drug-likeness (QED) is 0.794. The minimum atomic E-state index is -0.854. The highest BCUT2D eigenvalue weighted by atomic mass is 16.5. The molecule has 2 atom stereocenters. The number of hydrogen-bond acceptors (Lipinski definition) is 5. The lowest BCUT2D eigenvalue weighted by Gasteiger charge is -2.33. The van der Waals surface area contributed by atoms with E-state index in [4.69, 9.17) is 9.15 Å². The minimum Gasteiger partial charge on any atom is -0.467 e. The van der Waals surface area contributed by atoms with Gasteiger partial charge in [0.15, 0.2) is 0 Å². The maximum Gasteiger partial charge on any atom is 0.325 e. The van der Waals surface area contributed by atoms with Crippen LogP contribution in [0.15, 0.2) is 53.1 Å². The molecule has 1 aromatic carbocycles. The number of nitrogens with zero attached hydrogens (tertiary/aromatic N) is 2. The van der Waals surface area contributed by atoms with Crippen LogP contribution >= 0.6 is 0 Å². The van der Waals surface area contributed by atoms with Crippen LogP contribution in [-0.4, -0.2) is 53.4 Å². The van der Waals surface area contributed by atoms with E-state index in [-0.39, 0.29) is 25.0 Å². The van der Waals surface area contributed by atoms with E-state index in [1.807, 2.05) is 30.3 Å². The van der Waals surface area contributed by atoms with Crippen LogP contribution in [-0.2, 0) is 20.9 Å². The number of carbonyl (C=O) groups is 3. The molecule has 2 aromatic rings. The Labute approximate surface area is 162 Å². The average molecular weight is 383 g/mol. The molecule has 3 heterocycles. The van der Waals surface area contributed by atoms with Gasteiger partial charge >= 0.3 is 6.03 Å². The number of benzene rings is 1. The van der Waals surface area contributed by atoms with Gasteiger partial charge in [-0.25, -0.2) is 4.79 Å². The fraction of sp³-hybridized carbons (Fsp3) is 0.350. The summed E-state index contributed by atoms with van der Waals surface area (Å²) in [5.41, 5.74) is 1.01. The molecule has 28 heavy (non-hydrogen) atoms. The summed E-state index contributed by atoms with van der Waals surface area (Å²) in [6.07, 6.45) is 1.22. The number of urea groups is 1. The van der Waals surface area contributed by atoms with Crippen molar-refractivity contribution >= 4 is 17.8 Å². The Bertz CT molecular complexity index is 852. The molecular formula is C20H21N3O5. The van der Waals surface area contributed by atoms with Crippen LogP contribution in [0.3, 0.4) is 0 Å². The second-order valence-corrected chi connectivity index (χ2v) is 6.82. The summed E-state index contributed by atoms with van der Waals surface area (Å²) in [4.78, 5) is 40.2. The molecule has 2 aliphatic heterocycles. The zero-order valence-electron chi connectivity index (χ0n) is 15.2. The molecule has 2 saturated heterocycles. The number of carbonyl (C=O) groups excluding carboxylic acids is 3. The number of imide groups is 1. The van der Waals surface area contributed by atoms with Crippen molar-refractivity contribution < 1.29 is 23.5 Å². The first-order valence-electron chi connectivity index (χ1n) is 9.20. The van der Waals surface area contributed by atoms with Crippen molar-refractivity contribution in [3.8, 4) is 0 Å². The van der Waals surface area contributed by atoms with E-state index in [1.54, 1.807) is 17.0 Å². The molecule has 8 nitrogen and oxygen atoms in total. The molecule has 8 heteroatoms. The fourth-order valence-electron chi connectivity index (χ4n) is 3.47. The van der Waals surface area contributed by atoms with E-state index in [0.717, 1.165) is 10.5 Å². The number of ether oxygens (including phenoxy) is 1. The number of rotatable bonds is 5. The van der Waals surface area contributed by atoms with E-state index in [9.17, 15) is 14.4 Å². The van der Waals surface area contributed by atoms with Gasteiger partial charge in [0.25, 0.3) is 5.91 Å². The first-order chi connectivity index (χ1) is 13.6. The Kier molecular flexibility index (Phi) is 5.12. The third-order valence-electron chi connectivity index (χ3n) is 4.97. The molecular weight excluding hydrogens is 362 g/mol. The molecule has 0 radical (unpaired) electrons. The van der Waals surface area contributed by atoms with Gasteiger partial charge in [0.2, 0.25) is 5.91 Å². The van der Waals surface area contributed by atoms with Crippen LogP contribution in [0.5, 0.6) is 0 Å². The largest absolute Gasteiger partial charge is 0.467 e. The Morgan fingerprint density at radius 3 is 2.71 bits per heavy atom. The maximum absolute atomic E-state index is 12.7. The molecule has 2 fully saturated rings. The van der Waals surface area contributed by atoms with Crippen molar-refractivity contribution in [3.05, 3.63) is 60.1 Å². The number of amides is 4. The van der Waals surface area contributed by atoms with Gasteiger partial charge in [-0.2, -0.15) is 0 Å². The van der Waals surface area contributed by atoms with Gasteiger partial charge in [0.05, 0.1) is 32.4 Å². The summed E-state index contributed by atoms with van der Waals surface area (Å²) in [5.74, 6) is -0.0836. The van der Waals surface area contributed by atoms with Gasteiger partial charge in [-0.1, -0.05) is 30.3 Å². The van der Waals surface area contributed by atoms with Crippen LogP contribution in [0.1, 0.15) is 23.8 Å². The Balaban J connectivity index is 1.36.